The van der Waals surface area contributed by atoms with Gasteiger partial charge in [0.15, 0.2) is 0 Å². The first-order valence-corrected chi connectivity index (χ1v) is 8.88. The number of carbonyl (C=O) groups excluding carboxylic acids is 1. The number of fused-ring (bicyclic) bond motifs is 1. The molecule has 1 unspecified atom stereocenters. The number of unbranched alkanes of at least 4 members (excludes halogenated alkanes) is 1. The Morgan fingerprint density at radius 1 is 1.15 bits per heavy atom. The van der Waals surface area contributed by atoms with Gasteiger partial charge in [0.1, 0.15) is 11.7 Å². The smallest absolute Gasteiger partial charge is 0.312 e. The van der Waals surface area contributed by atoms with Gasteiger partial charge < -0.3 is 14.7 Å². The van der Waals surface area contributed by atoms with Crippen LogP contribution in [0.3, 0.4) is 0 Å². The van der Waals surface area contributed by atoms with E-state index in [-0.39, 0.29) is 12.5 Å². The van der Waals surface area contributed by atoms with Crippen molar-refractivity contribution in [1.29, 1.82) is 0 Å². The van der Waals surface area contributed by atoms with Crippen molar-refractivity contribution in [2.45, 2.75) is 32.1 Å². The molecule has 0 aromatic heterocycles. The van der Waals surface area contributed by atoms with Gasteiger partial charge in [-0.1, -0.05) is 30.3 Å². The minimum atomic E-state index is -0.890. The van der Waals surface area contributed by atoms with Gasteiger partial charge >= 0.3 is 5.97 Å². The van der Waals surface area contributed by atoms with Gasteiger partial charge in [0.25, 0.3) is 0 Å². The van der Waals surface area contributed by atoms with Crippen LogP contribution in [0, 0.1) is 6.92 Å². The average Bonchev–Trinajstić information content (AvgIpc) is 3.01. The van der Waals surface area contributed by atoms with E-state index in [0.29, 0.717) is 19.4 Å². The highest BCUT2D eigenvalue weighted by Gasteiger charge is 2.35. The summed E-state index contributed by atoms with van der Waals surface area (Å²) in [6.45, 7) is 2.79. The molecule has 5 nitrogen and oxygen atoms in total. The van der Waals surface area contributed by atoms with E-state index in [2.05, 4.69) is 0 Å². The standard InChI is InChI=1S/C21H23NO4/c1-15-7-6-8-16(13-15)26-12-5-4-11-20(23)22-14-18(21(24)25)17-9-2-3-10-19(17)22/h2-3,6-10,13,18H,4-5,11-12,14H2,1H3,(H,24,25). The Labute approximate surface area is 153 Å². The van der Waals surface area contributed by atoms with E-state index >= 15 is 0 Å². The third kappa shape index (κ3) is 4.04. The first-order chi connectivity index (χ1) is 12.6. The van der Waals surface area contributed by atoms with Crippen LogP contribution in [-0.4, -0.2) is 30.1 Å². The number of nitrogens with zero attached hydrogens (tertiary/aromatic N) is 1. The molecule has 136 valence electrons. The molecular formula is C21H23NO4. The predicted octanol–water partition coefficient (Wildman–Crippen LogP) is 3.76. The Balaban J connectivity index is 1.49. The molecule has 1 heterocycles. The van der Waals surface area contributed by atoms with Crippen LogP contribution in [0.2, 0.25) is 0 Å². The van der Waals surface area contributed by atoms with Crippen LogP contribution in [0.5, 0.6) is 5.75 Å². The van der Waals surface area contributed by atoms with E-state index in [4.69, 9.17) is 4.74 Å². The fourth-order valence-corrected chi connectivity index (χ4v) is 3.26. The molecule has 0 radical (unpaired) electrons. The van der Waals surface area contributed by atoms with Gasteiger partial charge in [0.05, 0.1) is 6.61 Å². The second-order valence-electron chi connectivity index (χ2n) is 6.58. The molecule has 1 atom stereocenters. The molecule has 1 aliphatic rings. The lowest BCUT2D eigenvalue weighted by Gasteiger charge is -2.17. The number of hydrogen-bond donors (Lipinski definition) is 1. The number of rotatable bonds is 7. The van der Waals surface area contributed by atoms with Crippen LogP contribution in [0.4, 0.5) is 5.69 Å². The first kappa shape index (κ1) is 18.0. The summed E-state index contributed by atoms with van der Waals surface area (Å²) < 4.78 is 5.70. The topological polar surface area (TPSA) is 66.8 Å². The summed E-state index contributed by atoms with van der Waals surface area (Å²) in [5.41, 5.74) is 2.59. The number of anilines is 1. The molecule has 1 aliphatic heterocycles. The molecular weight excluding hydrogens is 330 g/mol. The number of carbonyl (C=O) groups is 2. The average molecular weight is 353 g/mol. The highest BCUT2D eigenvalue weighted by Crippen LogP contribution is 2.36. The molecule has 2 aromatic rings. The van der Waals surface area contributed by atoms with E-state index in [1.165, 1.54) is 0 Å². The number of amides is 1. The number of para-hydroxylation sites is 1. The van der Waals surface area contributed by atoms with Crippen molar-refractivity contribution in [3.8, 4) is 5.75 Å². The van der Waals surface area contributed by atoms with Gasteiger partial charge in [-0.15, -0.1) is 0 Å². The summed E-state index contributed by atoms with van der Waals surface area (Å²) >= 11 is 0. The number of carboxylic acid groups (broad SMARTS) is 1. The zero-order valence-corrected chi connectivity index (χ0v) is 14.9. The van der Waals surface area contributed by atoms with Gasteiger partial charge in [-0.2, -0.15) is 0 Å². The lowest BCUT2D eigenvalue weighted by molar-refractivity contribution is -0.138. The quantitative estimate of drug-likeness (QED) is 0.770. The van der Waals surface area contributed by atoms with Gasteiger partial charge in [0, 0.05) is 18.7 Å². The van der Waals surface area contributed by atoms with Gasteiger partial charge in [-0.3, -0.25) is 9.59 Å². The van der Waals surface area contributed by atoms with Gasteiger partial charge in [-0.25, -0.2) is 0 Å². The van der Waals surface area contributed by atoms with Crippen LogP contribution < -0.4 is 9.64 Å². The van der Waals surface area contributed by atoms with E-state index in [1.807, 2.05) is 49.4 Å². The number of aliphatic carboxylic acids is 1. The molecule has 5 heteroatoms. The lowest BCUT2D eigenvalue weighted by Crippen LogP contribution is -2.31. The monoisotopic (exact) mass is 353 g/mol. The minimum absolute atomic E-state index is 0.0308. The third-order valence-corrected chi connectivity index (χ3v) is 4.61. The van der Waals surface area contributed by atoms with E-state index < -0.39 is 11.9 Å². The molecule has 0 spiro atoms. The molecule has 2 aromatic carbocycles. The summed E-state index contributed by atoms with van der Waals surface area (Å²) in [4.78, 5) is 25.6. The Hall–Kier alpha value is -2.82. The number of carboxylic acids is 1. The van der Waals surface area contributed by atoms with Crippen LogP contribution >= 0.6 is 0 Å². The number of hydrogen-bond acceptors (Lipinski definition) is 3. The van der Waals surface area contributed by atoms with Crippen molar-refractivity contribution in [3.05, 3.63) is 59.7 Å². The summed E-state index contributed by atoms with van der Waals surface area (Å²) in [7, 11) is 0. The van der Waals surface area contributed by atoms with Crippen LogP contribution in [-0.2, 0) is 9.59 Å². The molecule has 1 N–H and O–H groups in total. The molecule has 26 heavy (non-hydrogen) atoms. The van der Waals surface area contributed by atoms with Gasteiger partial charge in [-0.05, 0) is 49.1 Å². The van der Waals surface area contributed by atoms with Crippen molar-refractivity contribution in [3.63, 3.8) is 0 Å². The maximum atomic E-state index is 12.5. The highest BCUT2D eigenvalue weighted by molar-refractivity contribution is 5.98. The Morgan fingerprint density at radius 3 is 2.73 bits per heavy atom. The zero-order chi connectivity index (χ0) is 18.5. The Kier molecular flexibility index (Phi) is 5.56. The predicted molar refractivity (Wildman–Crippen MR) is 99.7 cm³/mol. The Bertz CT molecular complexity index is 802. The van der Waals surface area contributed by atoms with Gasteiger partial charge in [0.2, 0.25) is 5.91 Å². The maximum absolute atomic E-state index is 12.5. The molecule has 0 fully saturated rings. The van der Waals surface area contributed by atoms with E-state index in [0.717, 1.165) is 29.0 Å². The van der Waals surface area contributed by atoms with Crippen molar-refractivity contribution in [2.75, 3.05) is 18.1 Å². The molecule has 0 saturated carbocycles. The lowest BCUT2D eigenvalue weighted by atomic mass is 10.0. The Morgan fingerprint density at radius 2 is 1.96 bits per heavy atom. The second kappa shape index (κ2) is 8.04. The SMILES string of the molecule is Cc1cccc(OCCCCC(=O)N2CC(C(=O)O)c3ccccc32)c1. The second-order valence-corrected chi connectivity index (χ2v) is 6.58. The van der Waals surface area contributed by atoms with Crippen LogP contribution in [0.1, 0.15) is 36.3 Å². The van der Waals surface area contributed by atoms with E-state index in [9.17, 15) is 14.7 Å². The number of aryl methyl sites for hydroxylation is 1. The van der Waals surface area contributed by atoms with Crippen LogP contribution in [0.25, 0.3) is 0 Å². The normalized spacial score (nSPS) is 15.6. The fourth-order valence-electron chi connectivity index (χ4n) is 3.26. The summed E-state index contributed by atoms with van der Waals surface area (Å²) in [5, 5.41) is 9.38. The first-order valence-electron chi connectivity index (χ1n) is 8.88. The van der Waals surface area contributed by atoms with E-state index in [1.54, 1.807) is 11.0 Å². The summed E-state index contributed by atoms with van der Waals surface area (Å²) in [6.07, 6.45) is 1.87. The molecule has 0 bridgehead atoms. The zero-order valence-electron chi connectivity index (χ0n) is 14.9. The van der Waals surface area contributed by atoms with Crippen molar-refractivity contribution in [2.24, 2.45) is 0 Å². The van der Waals surface area contributed by atoms with Crippen molar-refractivity contribution in [1.82, 2.24) is 0 Å². The maximum Gasteiger partial charge on any atom is 0.312 e. The molecule has 1 amide bonds. The molecule has 3 rings (SSSR count). The number of ether oxygens (including phenoxy) is 1. The highest BCUT2D eigenvalue weighted by atomic mass is 16.5. The largest absolute Gasteiger partial charge is 0.494 e. The van der Waals surface area contributed by atoms with Crippen LogP contribution in [0.15, 0.2) is 48.5 Å². The third-order valence-electron chi connectivity index (χ3n) is 4.61. The summed E-state index contributed by atoms with van der Waals surface area (Å²) in [5.74, 6) is -0.718. The van der Waals surface area contributed by atoms with Crippen molar-refractivity contribution >= 4 is 17.6 Å². The number of benzene rings is 2. The fraction of sp³-hybridized carbons (Fsp3) is 0.333. The van der Waals surface area contributed by atoms with Crippen molar-refractivity contribution < 1.29 is 19.4 Å². The summed E-state index contributed by atoms with van der Waals surface area (Å²) in [6, 6.07) is 15.1. The molecule has 0 saturated heterocycles. The minimum Gasteiger partial charge on any atom is -0.494 e. The molecule has 0 aliphatic carbocycles.